The van der Waals surface area contributed by atoms with E-state index in [4.69, 9.17) is 9.47 Å². The number of alkyl carbamates (subject to hydrolysis) is 1. The minimum absolute atomic E-state index is 0.0247. The van der Waals surface area contributed by atoms with E-state index in [0.29, 0.717) is 12.2 Å². The summed E-state index contributed by atoms with van der Waals surface area (Å²) in [5.74, 6) is -0.624. The Balaban J connectivity index is 1.74. The van der Waals surface area contributed by atoms with E-state index in [0.717, 1.165) is 30.2 Å². The van der Waals surface area contributed by atoms with Crippen LogP contribution in [0, 0.1) is 17.0 Å². The summed E-state index contributed by atoms with van der Waals surface area (Å²) in [5.41, 5.74) is 1.96. The molecule has 8 heteroatoms. The number of halogens is 2. The molecule has 0 saturated carbocycles. The van der Waals surface area contributed by atoms with Crippen LogP contribution in [0.5, 0.6) is 5.75 Å². The maximum absolute atomic E-state index is 13.8. The molecule has 3 N–H and O–H groups in total. The zero-order valence-electron chi connectivity index (χ0n) is 22.7. The van der Waals surface area contributed by atoms with Crippen molar-refractivity contribution in [3.05, 3.63) is 64.7 Å². The summed E-state index contributed by atoms with van der Waals surface area (Å²) in [6.45, 7) is 12.5. The van der Waals surface area contributed by atoms with Crippen molar-refractivity contribution in [3.63, 3.8) is 0 Å². The smallest absolute Gasteiger partial charge is 0.407 e. The number of benzene rings is 2. The monoisotopic (exact) mass is 518 g/mol. The molecule has 0 unspecified atom stereocenters. The molecule has 1 aliphatic heterocycles. The second kappa shape index (κ2) is 11.8. The Bertz CT molecular complexity index is 1060. The van der Waals surface area contributed by atoms with Crippen molar-refractivity contribution < 1.29 is 28.2 Å². The number of hydrogen-bond donors (Lipinski definition) is 3. The third-order valence-electron chi connectivity index (χ3n) is 5.97. The van der Waals surface area contributed by atoms with Crippen LogP contribution in [0.4, 0.5) is 13.6 Å². The fraction of sp³-hybridized carbons (Fsp3) is 0.552. The fourth-order valence-electron chi connectivity index (χ4n) is 4.51. The number of aliphatic hydroxyl groups is 1. The summed E-state index contributed by atoms with van der Waals surface area (Å²) in [7, 11) is 0. The minimum atomic E-state index is -1.05. The highest BCUT2D eigenvalue weighted by Gasteiger charge is 2.28. The number of carbonyl (C=O) groups is 1. The Morgan fingerprint density at radius 3 is 2.38 bits per heavy atom. The molecule has 204 valence electrons. The highest BCUT2D eigenvalue weighted by atomic mass is 19.1. The average Bonchev–Trinajstić information content (AvgIpc) is 2.74. The number of rotatable bonds is 8. The number of hydrogen-bond acceptors (Lipinski definition) is 5. The van der Waals surface area contributed by atoms with Gasteiger partial charge in [0.25, 0.3) is 0 Å². The molecule has 1 heterocycles. The zero-order chi connectivity index (χ0) is 27.4. The van der Waals surface area contributed by atoms with Crippen LogP contribution in [0.15, 0.2) is 36.4 Å². The molecule has 0 fully saturated rings. The van der Waals surface area contributed by atoms with Crippen LogP contribution in [-0.2, 0) is 17.6 Å². The number of ether oxygens (including phenoxy) is 2. The molecule has 2 aromatic carbocycles. The summed E-state index contributed by atoms with van der Waals surface area (Å²) in [5, 5.41) is 17.2. The van der Waals surface area contributed by atoms with Crippen molar-refractivity contribution in [2.75, 3.05) is 13.2 Å². The van der Waals surface area contributed by atoms with Crippen LogP contribution in [-0.4, -0.2) is 42.1 Å². The first-order valence-electron chi connectivity index (χ1n) is 12.8. The summed E-state index contributed by atoms with van der Waals surface area (Å²) < 4.78 is 38.8. The molecule has 0 spiro atoms. The van der Waals surface area contributed by atoms with E-state index in [-0.39, 0.29) is 24.4 Å². The minimum Gasteiger partial charge on any atom is -0.493 e. The van der Waals surface area contributed by atoms with Gasteiger partial charge in [0.2, 0.25) is 0 Å². The summed E-state index contributed by atoms with van der Waals surface area (Å²) in [4.78, 5) is 12.5. The molecular formula is C29H40F2N2O4. The number of fused-ring (bicyclic) bond motifs is 1. The highest BCUT2D eigenvalue weighted by Crippen LogP contribution is 2.34. The van der Waals surface area contributed by atoms with E-state index < -0.39 is 35.5 Å². The lowest BCUT2D eigenvalue weighted by atomic mass is 9.86. The fourth-order valence-corrected chi connectivity index (χ4v) is 4.51. The van der Waals surface area contributed by atoms with Gasteiger partial charge in [0.15, 0.2) is 0 Å². The number of carbonyl (C=O) groups excluding carboxylic acids is 1. The Labute approximate surface area is 218 Å². The topological polar surface area (TPSA) is 79.8 Å². The molecule has 1 aliphatic rings. The van der Waals surface area contributed by atoms with Gasteiger partial charge >= 0.3 is 6.09 Å². The zero-order valence-corrected chi connectivity index (χ0v) is 22.7. The van der Waals surface area contributed by atoms with Crippen LogP contribution < -0.4 is 15.4 Å². The second-order valence-electron chi connectivity index (χ2n) is 12.0. The van der Waals surface area contributed by atoms with Crippen molar-refractivity contribution >= 4 is 6.09 Å². The van der Waals surface area contributed by atoms with Crippen LogP contribution >= 0.6 is 0 Å². The normalized spacial score (nSPS) is 17.4. The molecule has 0 aromatic heterocycles. The molecule has 3 rings (SSSR count). The molecule has 3 atom stereocenters. The van der Waals surface area contributed by atoms with E-state index in [9.17, 15) is 18.7 Å². The SMILES string of the molecule is CC(C)(C)Cc1ccc2c(c1)[C@@H](NC[C@@H](O)[C@H](Cc1cc(F)cc(F)c1)NC(=O)OC(C)(C)C)CCO2. The van der Waals surface area contributed by atoms with Gasteiger partial charge in [0.05, 0.1) is 18.8 Å². The highest BCUT2D eigenvalue weighted by molar-refractivity contribution is 5.68. The van der Waals surface area contributed by atoms with Crippen molar-refractivity contribution in [2.45, 2.75) is 84.6 Å². The second-order valence-corrected chi connectivity index (χ2v) is 12.0. The third kappa shape index (κ3) is 9.27. The van der Waals surface area contributed by atoms with Gasteiger partial charge in [-0.15, -0.1) is 0 Å². The largest absolute Gasteiger partial charge is 0.493 e. The molecule has 0 saturated heterocycles. The molecule has 2 aromatic rings. The first-order valence-corrected chi connectivity index (χ1v) is 12.8. The maximum Gasteiger partial charge on any atom is 0.407 e. The van der Waals surface area contributed by atoms with E-state index in [1.807, 2.05) is 6.07 Å². The van der Waals surface area contributed by atoms with Gasteiger partial charge in [0.1, 0.15) is 23.0 Å². The molecule has 0 radical (unpaired) electrons. The van der Waals surface area contributed by atoms with Crippen LogP contribution in [0.25, 0.3) is 0 Å². The van der Waals surface area contributed by atoms with Gasteiger partial charge < -0.3 is 25.2 Å². The molecule has 37 heavy (non-hydrogen) atoms. The van der Waals surface area contributed by atoms with Gasteiger partial charge in [-0.2, -0.15) is 0 Å². The van der Waals surface area contributed by atoms with E-state index >= 15 is 0 Å². The first-order chi connectivity index (χ1) is 17.2. The third-order valence-corrected chi connectivity index (χ3v) is 5.97. The standard InChI is InChI=1S/C29H40F2N2O4/c1-28(2,3)16-18-7-8-26-22(13-18)23(9-10-36-26)32-17-25(34)24(33-27(35)37-29(4,5)6)14-19-11-20(30)15-21(31)12-19/h7-8,11-13,15,23-25,32,34H,9-10,14,16-17H2,1-6H3,(H,33,35)/t23-,24-,25+/m0/s1. The summed E-state index contributed by atoms with van der Waals surface area (Å²) >= 11 is 0. The van der Waals surface area contributed by atoms with E-state index in [1.165, 1.54) is 17.7 Å². The van der Waals surface area contributed by atoms with Crippen molar-refractivity contribution in [2.24, 2.45) is 5.41 Å². The van der Waals surface area contributed by atoms with E-state index in [2.05, 4.69) is 43.5 Å². The number of amides is 1. The van der Waals surface area contributed by atoms with E-state index in [1.54, 1.807) is 20.8 Å². The molecule has 6 nitrogen and oxygen atoms in total. The molecular weight excluding hydrogens is 478 g/mol. The Morgan fingerprint density at radius 2 is 1.76 bits per heavy atom. The van der Waals surface area contributed by atoms with Crippen molar-refractivity contribution in [3.8, 4) is 5.75 Å². The van der Waals surface area contributed by atoms with Crippen LogP contribution in [0.2, 0.25) is 0 Å². The Hall–Kier alpha value is -2.71. The molecule has 0 bridgehead atoms. The predicted octanol–water partition coefficient (Wildman–Crippen LogP) is 5.46. The lowest BCUT2D eigenvalue weighted by Gasteiger charge is -2.31. The van der Waals surface area contributed by atoms with Gasteiger partial charge in [-0.3, -0.25) is 0 Å². The molecule has 1 amide bonds. The van der Waals surface area contributed by atoms with Gasteiger partial charge in [0, 0.05) is 30.6 Å². The van der Waals surface area contributed by atoms with Gasteiger partial charge in [-0.05, 0) is 68.4 Å². The van der Waals surface area contributed by atoms with Crippen LogP contribution in [0.1, 0.15) is 70.7 Å². The Morgan fingerprint density at radius 1 is 1.08 bits per heavy atom. The maximum atomic E-state index is 13.8. The number of nitrogens with one attached hydrogen (secondary N) is 2. The lowest BCUT2D eigenvalue weighted by Crippen LogP contribution is -2.50. The molecule has 0 aliphatic carbocycles. The van der Waals surface area contributed by atoms with Gasteiger partial charge in [-0.25, -0.2) is 13.6 Å². The summed E-state index contributed by atoms with van der Waals surface area (Å²) in [6.07, 6.45) is -0.101. The van der Waals surface area contributed by atoms with Gasteiger partial charge in [-0.1, -0.05) is 32.9 Å². The predicted molar refractivity (Wildman–Crippen MR) is 140 cm³/mol. The number of aliphatic hydroxyl groups excluding tert-OH is 1. The average molecular weight is 519 g/mol. The first kappa shape index (κ1) is 28.9. The van der Waals surface area contributed by atoms with Crippen LogP contribution in [0.3, 0.4) is 0 Å². The quantitative estimate of drug-likeness (QED) is 0.432. The summed E-state index contributed by atoms with van der Waals surface area (Å²) in [6, 6.07) is 8.51. The lowest BCUT2D eigenvalue weighted by molar-refractivity contribution is 0.0418. The Kier molecular flexibility index (Phi) is 9.18. The van der Waals surface area contributed by atoms with Crippen molar-refractivity contribution in [1.82, 2.24) is 10.6 Å². The van der Waals surface area contributed by atoms with Crippen molar-refractivity contribution in [1.29, 1.82) is 0 Å².